The second-order valence-electron chi connectivity index (χ2n) is 0. The zero-order chi connectivity index (χ0) is 0. The van der Waals surface area contributed by atoms with Crippen molar-refractivity contribution in [3.05, 3.63) is 0 Å². The monoisotopic (exact) mass is 424 g/mol. The average molecular weight is 426 g/mol. The van der Waals surface area contributed by atoms with Crippen molar-refractivity contribution >= 4 is 0 Å². The van der Waals surface area contributed by atoms with E-state index in [-0.39, 0.29) is 76.4 Å². The topological polar surface area (TPSA) is 0 Å². The summed E-state index contributed by atoms with van der Waals surface area (Å²) in [5, 5.41) is 0. The van der Waals surface area contributed by atoms with Crippen LogP contribution in [-0.4, -0.2) is 0 Å². The molecule has 0 spiro atoms. The zero-order valence-corrected chi connectivity index (χ0v) is 6.89. The molecule has 0 bridgehead atoms. The van der Waals surface area contributed by atoms with Gasteiger partial charge in [0, 0.05) is 76.4 Å². The molecule has 0 aromatic carbocycles. The molecule has 4 heteroatoms. The summed E-state index contributed by atoms with van der Waals surface area (Å²) in [5.41, 5.74) is 0. The van der Waals surface area contributed by atoms with Crippen LogP contribution in [0.4, 0.5) is 0 Å². The summed E-state index contributed by atoms with van der Waals surface area (Å²) in [4.78, 5) is 0. The Morgan fingerprint density at radius 2 is 1.00 bits per heavy atom. The molecule has 0 heterocycles. The Kier molecular flexibility index (Phi) is 146. The normalized spacial score (nSPS) is 0. The number of rotatable bonds is 0. The Bertz CT molecular complexity index is 8.00. The van der Waals surface area contributed by atoms with Gasteiger partial charge in [0.25, 0.3) is 0 Å². The SMILES string of the molecule is [Au].[Cu].[Ni].[Pd]. The molecule has 0 aliphatic rings. The van der Waals surface area contributed by atoms with Gasteiger partial charge >= 0.3 is 0 Å². The molecule has 0 aliphatic heterocycles. The van der Waals surface area contributed by atoms with Crippen LogP contribution in [0.1, 0.15) is 0 Å². The molecule has 0 N–H and O–H groups in total. The van der Waals surface area contributed by atoms with E-state index in [1.807, 2.05) is 0 Å². The van der Waals surface area contributed by atoms with Gasteiger partial charge in [-0.15, -0.1) is 0 Å². The van der Waals surface area contributed by atoms with Crippen molar-refractivity contribution in [3.8, 4) is 0 Å². The van der Waals surface area contributed by atoms with E-state index in [1.54, 1.807) is 0 Å². The third kappa shape index (κ3) is 8.83. The Balaban J connectivity index is 0. The molecule has 0 aromatic heterocycles. The van der Waals surface area contributed by atoms with Crippen LogP contribution in [0, 0.1) is 0 Å². The largest absolute Gasteiger partial charge is 0 e. The van der Waals surface area contributed by atoms with E-state index in [4.69, 9.17) is 0 Å². The van der Waals surface area contributed by atoms with E-state index in [1.165, 1.54) is 0 Å². The van der Waals surface area contributed by atoms with Crippen molar-refractivity contribution in [2.24, 2.45) is 0 Å². The summed E-state index contributed by atoms with van der Waals surface area (Å²) in [7, 11) is 0. The summed E-state index contributed by atoms with van der Waals surface area (Å²) in [6, 6.07) is 0. The van der Waals surface area contributed by atoms with E-state index in [9.17, 15) is 0 Å². The van der Waals surface area contributed by atoms with E-state index in [0.717, 1.165) is 0 Å². The van der Waals surface area contributed by atoms with Crippen LogP contribution < -0.4 is 0 Å². The molecule has 0 nitrogen and oxygen atoms in total. The van der Waals surface area contributed by atoms with E-state index in [0.29, 0.717) is 0 Å². The first-order valence-electron chi connectivity index (χ1n) is 0. The molecule has 0 aliphatic carbocycles. The third-order valence-electron chi connectivity index (χ3n) is 0. The molecule has 0 aromatic rings. The standard InChI is InChI=1S/Au.Cu.Ni.Pd. The number of hydrogen-bond acceptors (Lipinski definition) is 0. The molecular formula is AuCuNiPd. The van der Waals surface area contributed by atoms with Crippen LogP contribution in [0.15, 0.2) is 0 Å². The molecule has 0 unspecified atom stereocenters. The molecule has 2 radical (unpaired) electrons. The summed E-state index contributed by atoms with van der Waals surface area (Å²) in [6.45, 7) is 0. The molecule has 0 fully saturated rings. The van der Waals surface area contributed by atoms with Gasteiger partial charge < -0.3 is 0 Å². The van der Waals surface area contributed by atoms with Gasteiger partial charge in [-0.25, -0.2) is 0 Å². The summed E-state index contributed by atoms with van der Waals surface area (Å²) in [6.07, 6.45) is 0. The maximum absolute atomic E-state index is 0. The van der Waals surface area contributed by atoms with Gasteiger partial charge in [-0.1, -0.05) is 0 Å². The van der Waals surface area contributed by atoms with Crippen molar-refractivity contribution in [2.75, 3.05) is 0 Å². The first-order chi connectivity index (χ1) is 0. The number of hydrogen-bond donors (Lipinski definition) is 0. The summed E-state index contributed by atoms with van der Waals surface area (Å²) < 4.78 is 0. The van der Waals surface area contributed by atoms with Gasteiger partial charge in [0.15, 0.2) is 0 Å². The van der Waals surface area contributed by atoms with Gasteiger partial charge in [0.1, 0.15) is 0 Å². The molecule has 0 atom stereocenters. The molecule has 4 heavy (non-hydrogen) atoms. The van der Waals surface area contributed by atoms with Crippen LogP contribution >= 0.6 is 0 Å². The Hall–Kier alpha value is 2.42. The molecule has 0 amide bonds. The molecule has 0 saturated heterocycles. The van der Waals surface area contributed by atoms with Gasteiger partial charge in [-0.3, -0.25) is 0 Å². The fourth-order valence-electron chi connectivity index (χ4n) is 0. The smallest absolute Gasteiger partial charge is 0 e. The second-order valence-corrected chi connectivity index (χ2v) is 0. The molecule has 0 saturated carbocycles. The minimum absolute atomic E-state index is 0. The van der Waals surface area contributed by atoms with E-state index < -0.39 is 0 Å². The minimum Gasteiger partial charge on any atom is 0 e. The third-order valence-corrected chi connectivity index (χ3v) is 0. The molecule has 0 rings (SSSR count). The molecular weight excluding hydrogens is 426 g/mol. The van der Waals surface area contributed by atoms with Crippen molar-refractivity contribution in [1.82, 2.24) is 0 Å². The van der Waals surface area contributed by atoms with Crippen LogP contribution in [0.25, 0.3) is 0 Å². The van der Waals surface area contributed by atoms with E-state index in [2.05, 4.69) is 0 Å². The van der Waals surface area contributed by atoms with Gasteiger partial charge in [0.2, 0.25) is 0 Å². The van der Waals surface area contributed by atoms with Gasteiger partial charge in [-0.2, -0.15) is 0 Å². The van der Waals surface area contributed by atoms with Crippen LogP contribution in [-0.2, 0) is 76.4 Å². The Labute approximate surface area is 75.4 Å². The summed E-state index contributed by atoms with van der Waals surface area (Å²) >= 11 is 0. The molecule has 42 valence electrons. The Morgan fingerprint density at radius 1 is 1.00 bits per heavy atom. The minimum atomic E-state index is 0. The van der Waals surface area contributed by atoms with Crippen molar-refractivity contribution in [3.63, 3.8) is 0 Å². The summed E-state index contributed by atoms with van der Waals surface area (Å²) in [5.74, 6) is 0. The first kappa shape index (κ1) is 32.2. The zero-order valence-electron chi connectivity index (χ0n) is 1.24. The van der Waals surface area contributed by atoms with E-state index >= 15 is 0 Å². The predicted octanol–water partition coefficient (Wildman–Crippen LogP) is -0.0100. The fourth-order valence-corrected chi connectivity index (χ4v) is 0. The van der Waals surface area contributed by atoms with Crippen molar-refractivity contribution < 1.29 is 76.4 Å². The van der Waals surface area contributed by atoms with Crippen LogP contribution in [0.5, 0.6) is 0 Å². The quantitative estimate of drug-likeness (QED) is 0.479. The maximum atomic E-state index is 0. The fraction of sp³-hybridized carbons (Fsp3) is 0. The van der Waals surface area contributed by atoms with Crippen molar-refractivity contribution in [1.29, 1.82) is 0 Å². The van der Waals surface area contributed by atoms with Gasteiger partial charge in [0.05, 0.1) is 0 Å². The maximum Gasteiger partial charge on any atom is 0 e. The van der Waals surface area contributed by atoms with Gasteiger partial charge in [-0.05, 0) is 0 Å². The second kappa shape index (κ2) is 18.1. The first-order valence-corrected chi connectivity index (χ1v) is 0. The Morgan fingerprint density at radius 3 is 1.00 bits per heavy atom. The predicted molar refractivity (Wildman–Crippen MR) is 0 cm³/mol. The average Bonchev–Trinajstić information content (AvgIpc) is 0. The van der Waals surface area contributed by atoms with Crippen LogP contribution in [0.3, 0.4) is 0 Å². The van der Waals surface area contributed by atoms with Crippen LogP contribution in [0.2, 0.25) is 0 Å². The van der Waals surface area contributed by atoms with Crippen molar-refractivity contribution in [2.45, 2.75) is 0 Å².